The van der Waals surface area contributed by atoms with Gasteiger partial charge in [0.05, 0.1) is 6.54 Å². The van der Waals surface area contributed by atoms with E-state index in [1.807, 2.05) is 25.7 Å². The number of carbonyl (C=O) groups excluding carboxylic acids is 2. The second-order valence-electron chi connectivity index (χ2n) is 7.67. The van der Waals surface area contributed by atoms with Gasteiger partial charge in [-0.25, -0.2) is 4.79 Å². The molecule has 1 N–H and O–H groups in total. The van der Waals surface area contributed by atoms with Crippen molar-refractivity contribution < 1.29 is 14.3 Å². The number of aromatic nitrogens is 2. The molecule has 0 spiro atoms. The van der Waals surface area contributed by atoms with Gasteiger partial charge in [0.25, 0.3) is 5.91 Å². The zero-order chi connectivity index (χ0) is 17.5. The van der Waals surface area contributed by atoms with Crippen LogP contribution < -0.4 is 0 Å². The van der Waals surface area contributed by atoms with Crippen LogP contribution in [0.2, 0.25) is 0 Å². The van der Waals surface area contributed by atoms with Crippen molar-refractivity contribution in [2.75, 3.05) is 19.6 Å². The molecule has 1 saturated heterocycles. The van der Waals surface area contributed by atoms with Crippen LogP contribution in [0.15, 0.2) is 0 Å². The van der Waals surface area contributed by atoms with Crippen LogP contribution in [0.3, 0.4) is 0 Å². The molecule has 1 aromatic rings. The van der Waals surface area contributed by atoms with Gasteiger partial charge in [-0.15, -0.1) is 0 Å². The van der Waals surface area contributed by atoms with E-state index in [-0.39, 0.29) is 12.0 Å². The number of nitrogens with one attached hydrogen (secondary N) is 1. The van der Waals surface area contributed by atoms with E-state index >= 15 is 0 Å². The molecule has 0 aromatic carbocycles. The second kappa shape index (κ2) is 6.11. The molecule has 2 amide bonds. The van der Waals surface area contributed by atoms with Crippen molar-refractivity contribution in [1.29, 1.82) is 0 Å². The Bertz CT molecular complexity index is 641. The van der Waals surface area contributed by atoms with Crippen LogP contribution >= 0.6 is 0 Å². The largest absolute Gasteiger partial charge is 0.444 e. The van der Waals surface area contributed by atoms with Crippen LogP contribution in [0.4, 0.5) is 4.79 Å². The summed E-state index contributed by atoms with van der Waals surface area (Å²) in [5.74, 6) is 0.560. The van der Waals surface area contributed by atoms with Crippen molar-refractivity contribution in [2.24, 2.45) is 5.92 Å². The van der Waals surface area contributed by atoms with E-state index in [4.69, 9.17) is 4.74 Å². The topological polar surface area (TPSA) is 78.5 Å². The Morgan fingerprint density at radius 1 is 1.29 bits per heavy atom. The Hall–Kier alpha value is -2.05. The molecule has 7 heteroatoms. The molecule has 2 aliphatic rings. The summed E-state index contributed by atoms with van der Waals surface area (Å²) in [6, 6.07) is 0. The summed E-state index contributed by atoms with van der Waals surface area (Å²) in [6.45, 7) is 10.2. The molecule has 7 nitrogen and oxygen atoms in total. The molecule has 0 saturated carbocycles. The fraction of sp³-hybridized carbons (Fsp3) is 0.706. The highest BCUT2D eigenvalue weighted by atomic mass is 16.6. The summed E-state index contributed by atoms with van der Waals surface area (Å²) in [5, 5.41) is 7.19. The van der Waals surface area contributed by atoms with Crippen molar-refractivity contribution in [3.05, 3.63) is 17.0 Å². The SMILES string of the molecule is CCC1CN(C(=O)c2n[nH]c3c2CN(C(=O)OC(C)(C)C)CC3)C1. The van der Waals surface area contributed by atoms with E-state index in [2.05, 4.69) is 17.1 Å². The minimum absolute atomic E-state index is 0.0387. The van der Waals surface area contributed by atoms with Gasteiger partial charge in [0.15, 0.2) is 5.69 Å². The average Bonchev–Trinajstić information content (AvgIpc) is 2.87. The lowest BCUT2D eigenvalue weighted by Crippen LogP contribution is -2.50. The zero-order valence-corrected chi connectivity index (χ0v) is 14.9. The minimum atomic E-state index is -0.529. The lowest BCUT2D eigenvalue weighted by molar-refractivity contribution is 0.0220. The fourth-order valence-electron chi connectivity index (χ4n) is 3.10. The van der Waals surface area contributed by atoms with Gasteiger partial charge in [0.1, 0.15) is 5.60 Å². The number of likely N-dealkylation sites (tertiary alicyclic amines) is 1. The molecule has 0 atom stereocenters. The zero-order valence-electron chi connectivity index (χ0n) is 14.9. The van der Waals surface area contributed by atoms with Gasteiger partial charge in [-0.3, -0.25) is 9.89 Å². The van der Waals surface area contributed by atoms with E-state index in [9.17, 15) is 9.59 Å². The van der Waals surface area contributed by atoms with E-state index in [1.165, 1.54) is 0 Å². The maximum Gasteiger partial charge on any atom is 0.410 e. The Balaban J connectivity index is 1.71. The molecular weight excluding hydrogens is 308 g/mol. The molecule has 0 aliphatic carbocycles. The van der Waals surface area contributed by atoms with Gasteiger partial charge in [0.2, 0.25) is 0 Å². The van der Waals surface area contributed by atoms with E-state index < -0.39 is 5.60 Å². The number of aromatic amines is 1. The number of fused-ring (bicyclic) bond motifs is 1. The predicted molar refractivity (Wildman–Crippen MR) is 88.6 cm³/mol. The molecule has 0 radical (unpaired) electrons. The van der Waals surface area contributed by atoms with Crippen LogP contribution in [-0.2, 0) is 17.7 Å². The first-order valence-corrected chi connectivity index (χ1v) is 8.61. The van der Waals surface area contributed by atoms with Crippen molar-refractivity contribution in [3.63, 3.8) is 0 Å². The Kier molecular flexibility index (Phi) is 4.27. The maximum atomic E-state index is 12.6. The molecule has 0 unspecified atom stereocenters. The van der Waals surface area contributed by atoms with Crippen LogP contribution in [0.25, 0.3) is 0 Å². The quantitative estimate of drug-likeness (QED) is 0.899. The predicted octanol–water partition coefficient (Wildman–Crippen LogP) is 2.18. The van der Waals surface area contributed by atoms with Crippen LogP contribution in [-0.4, -0.2) is 57.2 Å². The van der Waals surface area contributed by atoms with Crippen molar-refractivity contribution in [1.82, 2.24) is 20.0 Å². The molecule has 3 rings (SSSR count). The highest BCUT2D eigenvalue weighted by molar-refractivity contribution is 5.94. The van der Waals surface area contributed by atoms with Gasteiger partial charge in [-0.05, 0) is 33.1 Å². The summed E-state index contributed by atoms with van der Waals surface area (Å²) < 4.78 is 5.44. The minimum Gasteiger partial charge on any atom is -0.444 e. The smallest absolute Gasteiger partial charge is 0.410 e. The van der Waals surface area contributed by atoms with Gasteiger partial charge in [0, 0.05) is 37.3 Å². The molecular formula is C17H26N4O3. The third-order valence-corrected chi connectivity index (χ3v) is 4.61. The highest BCUT2D eigenvalue weighted by Crippen LogP contribution is 2.26. The lowest BCUT2D eigenvalue weighted by Gasteiger charge is -2.38. The normalized spacial score (nSPS) is 18.2. The van der Waals surface area contributed by atoms with Crippen LogP contribution in [0.5, 0.6) is 0 Å². The van der Waals surface area contributed by atoms with E-state index in [1.54, 1.807) is 4.90 Å². The summed E-state index contributed by atoms with van der Waals surface area (Å²) in [6.07, 6.45) is 1.41. The Morgan fingerprint density at radius 2 is 2.00 bits per heavy atom. The first kappa shape index (κ1) is 16.8. The Morgan fingerprint density at radius 3 is 2.62 bits per heavy atom. The molecule has 3 heterocycles. The average molecular weight is 334 g/mol. The first-order valence-electron chi connectivity index (χ1n) is 8.61. The molecule has 1 aromatic heterocycles. The fourth-order valence-corrected chi connectivity index (χ4v) is 3.10. The molecule has 132 valence electrons. The highest BCUT2D eigenvalue weighted by Gasteiger charge is 2.35. The number of hydrogen-bond donors (Lipinski definition) is 1. The molecule has 24 heavy (non-hydrogen) atoms. The lowest BCUT2D eigenvalue weighted by atomic mass is 9.96. The van der Waals surface area contributed by atoms with Crippen molar-refractivity contribution >= 4 is 12.0 Å². The standard InChI is InChI=1S/C17H26N4O3/c1-5-11-8-21(9-11)15(22)14-12-10-20(7-6-13(12)18-19-14)16(23)24-17(2,3)4/h11H,5-10H2,1-4H3,(H,18,19). The Labute approximate surface area is 142 Å². The summed E-state index contributed by atoms with van der Waals surface area (Å²) in [5.41, 5.74) is 1.70. The number of nitrogens with zero attached hydrogens (tertiary/aromatic N) is 3. The number of ether oxygens (including phenoxy) is 1. The van der Waals surface area contributed by atoms with Crippen molar-refractivity contribution in [2.45, 2.75) is 52.7 Å². The monoisotopic (exact) mass is 334 g/mol. The van der Waals surface area contributed by atoms with E-state index in [0.29, 0.717) is 31.1 Å². The van der Waals surface area contributed by atoms with Gasteiger partial charge < -0.3 is 14.5 Å². The number of carbonyl (C=O) groups is 2. The summed E-state index contributed by atoms with van der Waals surface area (Å²) >= 11 is 0. The maximum absolute atomic E-state index is 12.6. The summed E-state index contributed by atoms with van der Waals surface area (Å²) in [7, 11) is 0. The number of H-pyrrole nitrogens is 1. The molecule has 2 aliphatic heterocycles. The molecule has 1 fully saturated rings. The second-order valence-corrected chi connectivity index (χ2v) is 7.67. The number of hydrogen-bond acceptors (Lipinski definition) is 4. The van der Waals surface area contributed by atoms with Gasteiger partial charge >= 0.3 is 6.09 Å². The van der Waals surface area contributed by atoms with Gasteiger partial charge in [-0.1, -0.05) is 6.92 Å². The third-order valence-electron chi connectivity index (χ3n) is 4.61. The number of amides is 2. The van der Waals surface area contributed by atoms with E-state index in [0.717, 1.165) is 30.8 Å². The molecule has 0 bridgehead atoms. The first-order chi connectivity index (χ1) is 11.3. The third kappa shape index (κ3) is 3.25. The van der Waals surface area contributed by atoms with Crippen LogP contribution in [0.1, 0.15) is 55.9 Å². The van der Waals surface area contributed by atoms with Crippen LogP contribution in [0, 0.1) is 5.92 Å². The van der Waals surface area contributed by atoms with Crippen molar-refractivity contribution in [3.8, 4) is 0 Å². The van der Waals surface area contributed by atoms with Gasteiger partial charge in [-0.2, -0.15) is 5.10 Å². The summed E-state index contributed by atoms with van der Waals surface area (Å²) in [4.78, 5) is 28.4. The number of rotatable bonds is 2.